The Kier molecular flexibility index (Phi) is 6.98. The lowest BCUT2D eigenvalue weighted by atomic mass is 10.0. The summed E-state index contributed by atoms with van der Waals surface area (Å²) < 4.78 is 20.0. The number of carbonyl (C=O) groups excluding carboxylic acids is 1. The Morgan fingerprint density at radius 1 is 1.58 bits per heavy atom. The van der Waals surface area contributed by atoms with Gasteiger partial charge in [0.05, 0.1) is 18.8 Å². The molecule has 3 atom stereocenters. The SMILES string of the molecule is CC1CN(C(CNC(=O)C(C)CN)c2c(F)cccc2Cl)CCO1. The van der Waals surface area contributed by atoms with Crippen LogP contribution in [-0.2, 0) is 9.53 Å². The van der Waals surface area contributed by atoms with Crippen molar-refractivity contribution in [1.29, 1.82) is 0 Å². The fraction of sp³-hybridized carbons (Fsp3) is 0.588. The van der Waals surface area contributed by atoms with Crippen molar-refractivity contribution < 1.29 is 13.9 Å². The molecule has 3 unspecified atom stereocenters. The van der Waals surface area contributed by atoms with Crippen molar-refractivity contribution in [3.8, 4) is 0 Å². The third-order valence-corrected chi connectivity index (χ3v) is 4.65. The van der Waals surface area contributed by atoms with Crippen LogP contribution >= 0.6 is 11.6 Å². The van der Waals surface area contributed by atoms with Crippen LogP contribution in [0.3, 0.4) is 0 Å². The zero-order valence-corrected chi connectivity index (χ0v) is 14.9. The van der Waals surface area contributed by atoms with Gasteiger partial charge in [0.1, 0.15) is 5.82 Å². The zero-order valence-electron chi connectivity index (χ0n) is 14.1. The molecule has 7 heteroatoms. The minimum absolute atomic E-state index is 0.0467. The van der Waals surface area contributed by atoms with Gasteiger partial charge in [-0.25, -0.2) is 4.39 Å². The summed E-state index contributed by atoms with van der Waals surface area (Å²) in [5.41, 5.74) is 5.94. The highest BCUT2D eigenvalue weighted by atomic mass is 35.5. The van der Waals surface area contributed by atoms with Gasteiger partial charge < -0.3 is 15.8 Å². The number of hydrogen-bond acceptors (Lipinski definition) is 4. The van der Waals surface area contributed by atoms with Gasteiger partial charge in [-0.15, -0.1) is 0 Å². The molecule has 1 heterocycles. The fourth-order valence-electron chi connectivity index (χ4n) is 2.85. The maximum Gasteiger partial charge on any atom is 0.224 e. The van der Waals surface area contributed by atoms with E-state index in [1.807, 2.05) is 6.92 Å². The Morgan fingerprint density at radius 2 is 2.33 bits per heavy atom. The molecule has 1 fully saturated rings. The summed E-state index contributed by atoms with van der Waals surface area (Å²) in [6.07, 6.45) is 0.0467. The maximum absolute atomic E-state index is 14.4. The molecule has 1 aliphatic heterocycles. The third kappa shape index (κ3) is 4.66. The zero-order chi connectivity index (χ0) is 17.7. The highest BCUT2D eigenvalue weighted by Gasteiger charge is 2.29. The first-order valence-corrected chi connectivity index (χ1v) is 8.59. The van der Waals surface area contributed by atoms with Gasteiger partial charge in [0.15, 0.2) is 0 Å². The van der Waals surface area contributed by atoms with Crippen molar-refractivity contribution in [1.82, 2.24) is 10.2 Å². The molecule has 0 spiro atoms. The number of nitrogens with two attached hydrogens (primary N) is 1. The summed E-state index contributed by atoms with van der Waals surface area (Å²) in [5, 5.41) is 3.23. The Morgan fingerprint density at radius 3 is 2.96 bits per heavy atom. The van der Waals surface area contributed by atoms with Gasteiger partial charge in [0, 0.05) is 42.7 Å². The summed E-state index contributed by atoms with van der Waals surface area (Å²) in [6.45, 7) is 6.15. The number of benzene rings is 1. The molecule has 1 aromatic carbocycles. The average Bonchev–Trinajstić information content (AvgIpc) is 2.56. The molecule has 0 aliphatic carbocycles. The molecule has 1 amide bonds. The van der Waals surface area contributed by atoms with E-state index >= 15 is 0 Å². The van der Waals surface area contributed by atoms with Crippen molar-refractivity contribution in [2.45, 2.75) is 26.0 Å². The number of nitrogens with zero attached hydrogens (tertiary/aromatic N) is 1. The number of halogens is 2. The molecule has 2 rings (SSSR count). The van der Waals surface area contributed by atoms with Gasteiger partial charge >= 0.3 is 0 Å². The number of nitrogens with one attached hydrogen (secondary N) is 1. The van der Waals surface area contributed by atoms with E-state index in [1.54, 1.807) is 19.1 Å². The Labute approximate surface area is 147 Å². The first-order chi connectivity index (χ1) is 11.4. The molecule has 5 nitrogen and oxygen atoms in total. The van der Waals surface area contributed by atoms with E-state index in [2.05, 4.69) is 10.2 Å². The topological polar surface area (TPSA) is 67.6 Å². The van der Waals surface area contributed by atoms with Gasteiger partial charge in [-0.3, -0.25) is 9.69 Å². The molecule has 24 heavy (non-hydrogen) atoms. The lowest BCUT2D eigenvalue weighted by molar-refractivity contribution is -0.124. The number of rotatable bonds is 6. The van der Waals surface area contributed by atoms with Gasteiger partial charge in [0.25, 0.3) is 0 Å². The van der Waals surface area contributed by atoms with Crippen LogP contribution in [0.1, 0.15) is 25.5 Å². The molecule has 0 saturated carbocycles. The summed E-state index contributed by atoms with van der Waals surface area (Å²) in [6, 6.07) is 4.29. The van der Waals surface area contributed by atoms with Crippen LogP contribution in [0, 0.1) is 11.7 Å². The lowest BCUT2D eigenvalue weighted by Gasteiger charge is -2.38. The molecular formula is C17H25ClFN3O2. The molecule has 1 aromatic rings. The van der Waals surface area contributed by atoms with E-state index in [-0.39, 0.29) is 42.9 Å². The van der Waals surface area contributed by atoms with Crippen LogP contribution in [0.25, 0.3) is 0 Å². The second kappa shape index (κ2) is 8.76. The van der Waals surface area contributed by atoms with Crippen LogP contribution in [0.5, 0.6) is 0 Å². The molecule has 0 radical (unpaired) electrons. The monoisotopic (exact) mass is 357 g/mol. The first kappa shape index (κ1) is 19.1. The van der Waals surface area contributed by atoms with Gasteiger partial charge in [-0.2, -0.15) is 0 Å². The molecular weight excluding hydrogens is 333 g/mol. The van der Waals surface area contributed by atoms with E-state index in [0.717, 1.165) is 0 Å². The molecule has 0 aromatic heterocycles. The van der Waals surface area contributed by atoms with Crippen LogP contribution in [0.2, 0.25) is 5.02 Å². The highest BCUT2D eigenvalue weighted by molar-refractivity contribution is 6.31. The normalized spacial score (nSPS) is 21.3. The van der Waals surface area contributed by atoms with Gasteiger partial charge in [-0.05, 0) is 19.1 Å². The number of carbonyl (C=O) groups is 1. The summed E-state index contributed by atoms with van der Waals surface area (Å²) in [4.78, 5) is 14.2. The lowest BCUT2D eigenvalue weighted by Crippen LogP contribution is -2.47. The Hall–Kier alpha value is -1.21. The summed E-state index contributed by atoms with van der Waals surface area (Å²) in [7, 11) is 0. The molecule has 0 bridgehead atoms. The average molecular weight is 358 g/mol. The Bertz CT molecular complexity index is 553. The molecule has 1 aliphatic rings. The first-order valence-electron chi connectivity index (χ1n) is 8.21. The van der Waals surface area contributed by atoms with E-state index in [0.29, 0.717) is 30.3 Å². The van der Waals surface area contributed by atoms with Crippen LogP contribution in [0.15, 0.2) is 18.2 Å². The predicted octanol–water partition coefficient (Wildman–Crippen LogP) is 1.95. The fourth-order valence-corrected chi connectivity index (χ4v) is 3.14. The third-order valence-electron chi connectivity index (χ3n) is 4.32. The molecule has 3 N–H and O–H groups in total. The smallest absolute Gasteiger partial charge is 0.224 e. The number of amides is 1. The second-order valence-corrected chi connectivity index (χ2v) is 6.62. The van der Waals surface area contributed by atoms with Crippen molar-refractivity contribution in [3.63, 3.8) is 0 Å². The van der Waals surface area contributed by atoms with Gasteiger partial charge in [0.2, 0.25) is 5.91 Å². The standard InChI is InChI=1S/C17H25ClFN3O2/c1-11(8-20)17(23)21-9-15(22-6-7-24-12(2)10-22)16-13(18)4-3-5-14(16)19/h3-5,11-12,15H,6-10,20H2,1-2H3,(H,21,23). The van der Waals surface area contributed by atoms with Crippen molar-refractivity contribution in [3.05, 3.63) is 34.6 Å². The van der Waals surface area contributed by atoms with Crippen molar-refractivity contribution >= 4 is 17.5 Å². The minimum Gasteiger partial charge on any atom is -0.376 e. The number of hydrogen-bond donors (Lipinski definition) is 2. The summed E-state index contributed by atoms with van der Waals surface area (Å²) >= 11 is 6.25. The van der Waals surface area contributed by atoms with E-state index < -0.39 is 0 Å². The molecule has 1 saturated heterocycles. The van der Waals surface area contributed by atoms with Crippen LogP contribution in [-0.4, -0.2) is 49.7 Å². The Balaban J connectivity index is 2.23. The van der Waals surface area contributed by atoms with E-state index in [4.69, 9.17) is 22.1 Å². The highest BCUT2D eigenvalue weighted by Crippen LogP contribution is 2.31. The van der Waals surface area contributed by atoms with E-state index in [1.165, 1.54) is 6.07 Å². The van der Waals surface area contributed by atoms with Gasteiger partial charge in [-0.1, -0.05) is 24.6 Å². The predicted molar refractivity (Wildman–Crippen MR) is 92.4 cm³/mol. The summed E-state index contributed by atoms with van der Waals surface area (Å²) in [5.74, 6) is -0.797. The largest absolute Gasteiger partial charge is 0.376 e. The maximum atomic E-state index is 14.4. The van der Waals surface area contributed by atoms with Crippen LogP contribution < -0.4 is 11.1 Å². The minimum atomic E-state index is -0.368. The van der Waals surface area contributed by atoms with Crippen molar-refractivity contribution in [2.24, 2.45) is 11.7 Å². The number of morpholine rings is 1. The number of ether oxygens (including phenoxy) is 1. The van der Waals surface area contributed by atoms with Crippen molar-refractivity contribution in [2.75, 3.05) is 32.8 Å². The van der Waals surface area contributed by atoms with Crippen LogP contribution in [0.4, 0.5) is 4.39 Å². The van der Waals surface area contributed by atoms with E-state index in [9.17, 15) is 9.18 Å². The molecule has 134 valence electrons. The second-order valence-electron chi connectivity index (χ2n) is 6.21. The quantitative estimate of drug-likeness (QED) is 0.816.